The van der Waals surface area contributed by atoms with E-state index in [0.29, 0.717) is 10.0 Å². The first kappa shape index (κ1) is 17.8. The number of hydrogen-bond acceptors (Lipinski definition) is 3. The van der Waals surface area contributed by atoms with Gasteiger partial charge in [-0.1, -0.05) is 48.5 Å². The van der Waals surface area contributed by atoms with E-state index in [-0.39, 0.29) is 18.6 Å². The van der Waals surface area contributed by atoms with Gasteiger partial charge in [-0.25, -0.2) is 4.79 Å². The van der Waals surface area contributed by atoms with Crippen LogP contribution in [0.2, 0.25) is 10.0 Å². The van der Waals surface area contributed by atoms with Gasteiger partial charge in [0.25, 0.3) is 5.91 Å². The van der Waals surface area contributed by atoms with E-state index in [9.17, 15) is 9.59 Å². The summed E-state index contributed by atoms with van der Waals surface area (Å²) in [5.74, 6) is -0.831. The third-order valence-corrected chi connectivity index (χ3v) is 4.41. The van der Waals surface area contributed by atoms with Crippen LogP contribution in [0.4, 0.5) is 0 Å². The Balaban J connectivity index is 1.74. The highest BCUT2D eigenvalue weighted by Gasteiger charge is 2.16. The quantitative estimate of drug-likeness (QED) is 0.641. The van der Waals surface area contributed by atoms with Crippen LogP contribution >= 0.6 is 23.2 Å². The van der Waals surface area contributed by atoms with Crippen LogP contribution in [0, 0.1) is 0 Å². The van der Waals surface area contributed by atoms with Crippen LogP contribution in [0.1, 0.15) is 37.7 Å². The van der Waals surface area contributed by atoms with Crippen LogP contribution in [0.25, 0.3) is 6.08 Å². The van der Waals surface area contributed by atoms with Gasteiger partial charge in [0.15, 0.2) is 6.61 Å². The maximum atomic E-state index is 11.7. The summed E-state index contributed by atoms with van der Waals surface area (Å²) in [6, 6.07) is 5.23. The first-order valence-corrected chi connectivity index (χ1v) is 8.39. The fraction of sp³-hybridized carbons (Fsp3) is 0.412. The van der Waals surface area contributed by atoms with Crippen LogP contribution in [-0.4, -0.2) is 24.5 Å². The van der Waals surface area contributed by atoms with Crippen molar-refractivity contribution in [1.82, 2.24) is 5.32 Å². The summed E-state index contributed by atoms with van der Waals surface area (Å²) in [5.41, 5.74) is 0.725. The van der Waals surface area contributed by atoms with Gasteiger partial charge in [0.1, 0.15) is 0 Å². The van der Waals surface area contributed by atoms with E-state index in [0.717, 1.165) is 31.2 Å². The molecule has 1 aromatic rings. The molecule has 0 aliphatic heterocycles. The van der Waals surface area contributed by atoms with Crippen molar-refractivity contribution in [2.24, 2.45) is 0 Å². The smallest absolute Gasteiger partial charge is 0.331 e. The van der Waals surface area contributed by atoms with E-state index in [4.69, 9.17) is 27.9 Å². The fourth-order valence-corrected chi connectivity index (χ4v) is 2.79. The first-order valence-electron chi connectivity index (χ1n) is 7.64. The third kappa shape index (κ3) is 6.24. The molecule has 1 aliphatic carbocycles. The predicted molar refractivity (Wildman–Crippen MR) is 91.5 cm³/mol. The lowest BCUT2D eigenvalue weighted by Gasteiger charge is -2.22. The molecule has 0 heterocycles. The molecular weight excluding hydrogens is 337 g/mol. The number of hydrogen-bond donors (Lipinski definition) is 1. The van der Waals surface area contributed by atoms with Crippen LogP contribution < -0.4 is 5.32 Å². The Morgan fingerprint density at radius 2 is 1.91 bits per heavy atom. The van der Waals surface area contributed by atoms with Crippen LogP contribution in [0.5, 0.6) is 0 Å². The first-order chi connectivity index (χ1) is 11.0. The second-order valence-corrected chi connectivity index (χ2v) is 6.33. The van der Waals surface area contributed by atoms with Gasteiger partial charge in [0.2, 0.25) is 0 Å². The number of nitrogens with one attached hydrogen (secondary N) is 1. The highest BCUT2D eigenvalue weighted by molar-refractivity contribution is 6.42. The number of ether oxygens (including phenoxy) is 1. The molecule has 0 aromatic heterocycles. The van der Waals surface area contributed by atoms with Gasteiger partial charge in [-0.05, 0) is 36.6 Å². The average Bonchev–Trinajstić information content (AvgIpc) is 2.55. The molecule has 6 heteroatoms. The Labute approximate surface area is 145 Å². The summed E-state index contributed by atoms with van der Waals surface area (Å²) in [4.78, 5) is 23.3. The molecule has 0 bridgehead atoms. The van der Waals surface area contributed by atoms with Gasteiger partial charge < -0.3 is 10.1 Å². The zero-order valence-electron chi connectivity index (χ0n) is 12.7. The fourth-order valence-electron chi connectivity index (χ4n) is 2.48. The van der Waals surface area contributed by atoms with Gasteiger partial charge in [-0.2, -0.15) is 0 Å². The number of carbonyl (C=O) groups excluding carboxylic acids is 2. The molecule has 1 aromatic carbocycles. The van der Waals surface area contributed by atoms with Gasteiger partial charge in [0.05, 0.1) is 10.0 Å². The summed E-state index contributed by atoms with van der Waals surface area (Å²) < 4.78 is 4.92. The molecule has 1 N–H and O–H groups in total. The minimum Gasteiger partial charge on any atom is -0.452 e. The highest BCUT2D eigenvalue weighted by atomic mass is 35.5. The number of amides is 1. The Hall–Kier alpha value is -1.52. The molecule has 1 aliphatic rings. The zero-order chi connectivity index (χ0) is 16.7. The summed E-state index contributed by atoms with van der Waals surface area (Å²) in [7, 11) is 0. The SMILES string of the molecule is O=C(COC(=O)C=Cc1ccc(Cl)c(Cl)c1)NC1CCCCC1. The van der Waals surface area contributed by atoms with Crippen molar-refractivity contribution in [2.75, 3.05) is 6.61 Å². The second kappa shape index (κ2) is 8.94. The van der Waals surface area contributed by atoms with E-state index in [2.05, 4.69) is 5.32 Å². The summed E-state index contributed by atoms with van der Waals surface area (Å²) in [6.07, 6.45) is 8.31. The highest BCUT2D eigenvalue weighted by Crippen LogP contribution is 2.23. The van der Waals surface area contributed by atoms with E-state index in [1.807, 2.05) is 0 Å². The molecule has 1 amide bonds. The summed E-state index contributed by atoms with van der Waals surface area (Å²) in [6.45, 7) is -0.263. The molecule has 0 atom stereocenters. The van der Waals surface area contributed by atoms with Gasteiger partial charge in [-0.3, -0.25) is 4.79 Å². The average molecular weight is 356 g/mol. The predicted octanol–water partition coefficient (Wildman–Crippen LogP) is 4.00. The van der Waals surface area contributed by atoms with Crippen molar-refractivity contribution in [3.8, 4) is 0 Å². The maximum Gasteiger partial charge on any atom is 0.331 e. The minimum atomic E-state index is -0.574. The summed E-state index contributed by atoms with van der Waals surface area (Å²) >= 11 is 11.7. The molecule has 0 saturated heterocycles. The van der Waals surface area contributed by atoms with Gasteiger partial charge in [-0.15, -0.1) is 0 Å². The molecule has 23 heavy (non-hydrogen) atoms. The van der Waals surface area contributed by atoms with Crippen molar-refractivity contribution < 1.29 is 14.3 Å². The van der Waals surface area contributed by atoms with Crippen molar-refractivity contribution in [1.29, 1.82) is 0 Å². The van der Waals surface area contributed by atoms with Crippen molar-refractivity contribution in [3.05, 3.63) is 39.9 Å². The summed E-state index contributed by atoms with van der Waals surface area (Å²) in [5, 5.41) is 3.75. The maximum absolute atomic E-state index is 11.7. The Kier molecular flexibility index (Phi) is 6.93. The minimum absolute atomic E-state index is 0.210. The zero-order valence-corrected chi connectivity index (χ0v) is 14.2. The van der Waals surface area contributed by atoms with Crippen molar-refractivity contribution >= 4 is 41.2 Å². The van der Waals surface area contributed by atoms with Crippen molar-refractivity contribution in [3.63, 3.8) is 0 Å². The van der Waals surface area contributed by atoms with E-state index in [1.165, 1.54) is 12.5 Å². The molecule has 1 saturated carbocycles. The number of rotatable bonds is 5. The normalized spacial score (nSPS) is 15.6. The van der Waals surface area contributed by atoms with Crippen LogP contribution in [0.3, 0.4) is 0 Å². The third-order valence-electron chi connectivity index (χ3n) is 3.67. The van der Waals surface area contributed by atoms with Gasteiger partial charge in [0, 0.05) is 12.1 Å². The molecule has 1 fully saturated rings. The lowest BCUT2D eigenvalue weighted by molar-refractivity contribution is -0.144. The Bertz CT molecular complexity index is 596. The lowest BCUT2D eigenvalue weighted by atomic mass is 9.95. The molecule has 0 spiro atoms. The lowest BCUT2D eigenvalue weighted by Crippen LogP contribution is -2.38. The number of esters is 1. The number of benzene rings is 1. The largest absolute Gasteiger partial charge is 0.452 e. The Morgan fingerprint density at radius 1 is 1.17 bits per heavy atom. The standard InChI is InChI=1S/C17H19Cl2NO3/c18-14-8-6-12(10-15(14)19)7-9-17(22)23-11-16(21)20-13-4-2-1-3-5-13/h6-10,13H,1-5,11H2,(H,20,21). The van der Waals surface area contributed by atoms with Crippen LogP contribution in [-0.2, 0) is 14.3 Å². The number of halogens is 2. The van der Waals surface area contributed by atoms with E-state index < -0.39 is 5.97 Å². The topological polar surface area (TPSA) is 55.4 Å². The molecule has 2 rings (SSSR count). The number of carbonyl (C=O) groups is 2. The molecule has 0 unspecified atom stereocenters. The molecule has 4 nitrogen and oxygen atoms in total. The van der Waals surface area contributed by atoms with Gasteiger partial charge >= 0.3 is 5.97 Å². The molecular formula is C17H19Cl2NO3. The molecule has 0 radical (unpaired) electrons. The van der Waals surface area contributed by atoms with Crippen molar-refractivity contribution in [2.45, 2.75) is 38.1 Å². The molecule has 124 valence electrons. The monoisotopic (exact) mass is 355 g/mol. The van der Waals surface area contributed by atoms with E-state index in [1.54, 1.807) is 24.3 Å². The van der Waals surface area contributed by atoms with Crippen LogP contribution in [0.15, 0.2) is 24.3 Å². The van der Waals surface area contributed by atoms with E-state index >= 15 is 0 Å². The second-order valence-electron chi connectivity index (χ2n) is 5.52. The Morgan fingerprint density at radius 3 is 2.61 bits per heavy atom.